The Bertz CT molecular complexity index is 509. The zero-order chi connectivity index (χ0) is 13.0. The quantitative estimate of drug-likeness (QED) is 0.906. The van der Waals surface area contributed by atoms with Crippen LogP contribution in [0.2, 0.25) is 0 Å². The number of aromatic amines is 1. The molecule has 1 aromatic heterocycles. The van der Waals surface area contributed by atoms with Crippen molar-refractivity contribution in [3.05, 3.63) is 46.2 Å². The van der Waals surface area contributed by atoms with E-state index in [9.17, 15) is 4.79 Å². The molecule has 0 aliphatic heterocycles. The molecule has 1 amide bonds. The number of benzene rings is 1. The van der Waals surface area contributed by atoms with Crippen LogP contribution in [0.15, 0.2) is 34.9 Å². The first-order valence-corrected chi connectivity index (χ1v) is 6.35. The normalized spacial score (nSPS) is 12.1. The van der Waals surface area contributed by atoms with Crippen LogP contribution in [0.1, 0.15) is 23.0 Å². The van der Waals surface area contributed by atoms with E-state index in [0.29, 0.717) is 5.69 Å². The van der Waals surface area contributed by atoms with Crippen LogP contribution in [0.5, 0.6) is 0 Å². The predicted molar refractivity (Wildman–Crippen MR) is 71.2 cm³/mol. The van der Waals surface area contributed by atoms with Gasteiger partial charge in [-0.2, -0.15) is 15.4 Å². The molecule has 0 fully saturated rings. The number of nitrogens with zero attached hydrogens (tertiary/aromatic N) is 2. The van der Waals surface area contributed by atoms with Crippen molar-refractivity contribution < 1.29 is 4.79 Å². The minimum atomic E-state index is -0.214. The molecule has 0 unspecified atom stereocenters. The van der Waals surface area contributed by atoms with Gasteiger partial charge in [-0.3, -0.25) is 4.79 Å². The van der Waals surface area contributed by atoms with Gasteiger partial charge >= 0.3 is 0 Å². The number of aromatic nitrogens is 3. The van der Waals surface area contributed by atoms with Crippen molar-refractivity contribution in [2.75, 3.05) is 0 Å². The van der Waals surface area contributed by atoms with Crippen molar-refractivity contribution in [3.8, 4) is 0 Å². The van der Waals surface area contributed by atoms with Gasteiger partial charge in [0.05, 0.1) is 6.20 Å². The Kier molecular flexibility index (Phi) is 4.09. The molecule has 0 bridgehead atoms. The number of carbonyl (C=O) groups is 1. The second kappa shape index (κ2) is 5.77. The molecule has 6 heteroatoms. The van der Waals surface area contributed by atoms with Gasteiger partial charge in [0.2, 0.25) is 0 Å². The topological polar surface area (TPSA) is 70.7 Å². The molecule has 2 N–H and O–H groups in total. The Morgan fingerprint density at radius 1 is 1.44 bits per heavy atom. The van der Waals surface area contributed by atoms with Gasteiger partial charge in [-0.15, -0.1) is 0 Å². The van der Waals surface area contributed by atoms with Gasteiger partial charge in [0, 0.05) is 10.5 Å². The van der Waals surface area contributed by atoms with Crippen LogP contribution in [0.4, 0.5) is 0 Å². The molecule has 1 atom stereocenters. The predicted octanol–water partition coefficient (Wildman–Crippen LogP) is 1.93. The lowest BCUT2D eigenvalue weighted by atomic mass is 10.1. The molecule has 18 heavy (non-hydrogen) atoms. The van der Waals surface area contributed by atoms with Gasteiger partial charge in [-0.05, 0) is 31.0 Å². The highest BCUT2D eigenvalue weighted by molar-refractivity contribution is 9.10. The van der Waals surface area contributed by atoms with E-state index in [1.54, 1.807) is 0 Å². The minimum Gasteiger partial charge on any atom is -0.348 e. The Morgan fingerprint density at radius 3 is 2.78 bits per heavy atom. The molecule has 1 aromatic carbocycles. The molecule has 5 nitrogen and oxygen atoms in total. The summed E-state index contributed by atoms with van der Waals surface area (Å²) >= 11 is 3.39. The average molecular weight is 309 g/mol. The molecule has 0 aliphatic carbocycles. The summed E-state index contributed by atoms with van der Waals surface area (Å²) in [6.45, 7) is 1.96. The van der Waals surface area contributed by atoms with E-state index in [-0.39, 0.29) is 11.9 Å². The van der Waals surface area contributed by atoms with E-state index in [0.717, 1.165) is 10.9 Å². The van der Waals surface area contributed by atoms with E-state index in [2.05, 4.69) is 36.7 Å². The van der Waals surface area contributed by atoms with Gasteiger partial charge < -0.3 is 5.32 Å². The Balaban J connectivity index is 1.90. The maximum absolute atomic E-state index is 11.7. The molecule has 2 rings (SSSR count). The van der Waals surface area contributed by atoms with Crippen molar-refractivity contribution in [1.82, 2.24) is 20.7 Å². The summed E-state index contributed by atoms with van der Waals surface area (Å²) in [5.41, 5.74) is 1.48. The average Bonchev–Trinajstić information content (AvgIpc) is 2.85. The number of hydrogen-bond donors (Lipinski definition) is 2. The zero-order valence-electron chi connectivity index (χ0n) is 9.85. The first-order valence-electron chi connectivity index (χ1n) is 5.56. The first-order chi connectivity index (χ1) is 8.65. The number of nitrogens with one attached hydrogen (secondary N) is 2. The summed E-state index contributed by atoms with van der Waals surface area (Å²) in [4.78, 5) is 11.7. The molecule has 0 saturated heterocycles. The van der Waals surface area contributed by atoms with E-state index >= 15 is 0 Å². The molecule has 1 heterocycles. The number of hydrogen-bond acceptors (Lipinski definition) is 3. The number of halogens is 1. The lowest BCUT2D eigenvalue weighted by Crippen LogP contribution is -2.34. The molecule has 0 spiro atoms. The molecule has 0 radical (unpaired) electrons. The number of H-pyrrole nitrogens is 1. The minimum absolute atomic E-state index is 0.0374. The van der Waals surface area contributed by atoms with E-state index in [1.807, 2.05) is 31.2 Å². The number of carbonyl (C=O) groups excluding carboxylic acids is 1. The first kappa shape index (κ1) is 12.8. The highest BCUT2D eigenvalue weighted by atomic mass is 79.9. The molecular formula is C12H13BrN4O. The van der Waals surface area contributed by atoms with Gasteiger partial charge in [-0.1, -0.05) is 28.1 Å². The summed E-state index contributed by atoms with van der Waals surface area (Å²) in [6.07, 6.45) is 2.18. The van der Waals surface area contributed by atoms with Gasteiger partial charge in [0.1, 0.15) is 0 Å². The van der Waals surface area contributed by atoms with E-state index in [1.165, 1.54) is 11.8 Å². The van der Waals surface area contributed by atoms with Crippen LogP contribution in [-0.4, -0.2) is 27.4 Å². The fourth-order valence-corrected chi connectivity index (χ4v) is 1.90. The van der Waals surface area contributed by atoms with Crippen LogP contribution in [0, 0.1) is 0 Å². The second-order valence-electron chi connectivity index (χ2n) is 4.06. The van der Waals surface area contributed by atoms with Crippen molar-refractivity contribution in [1.29, 1.82) is 0 Å². The standard InChI is InChI=1S/C12H13BrN4O/c1-8(6-9-2-4-10(13)5-3-9)15-12(18)11-7-14-17-16-11/h2-5,7-8H,6H2,1H3,(H,15,18)(H,14,16,17)/t8-/m0/s1. The Hall–Kier alpha value is -1.69. The van der Waals surface area contributed by atoms with Crippen LogP contribution in [-0.2, 0) is 6.42 Å². The van der Waals surface area contributed by atoms with Crippen molar-refractivity contribution >= 4 is 21.8 Å². The summed E-state index contributed by atoms with van der Waals surface area (Å²) < 4.78 is 1.05. The number of rotatable bonds is 4. The van der Waals surface area contributed by atoms with Gasteiger partial charge in [0.15, 0.2) is 5.69 Å². The second-order valence-corrected chi connectivity index (χ2v) is 4.98. The largest absolute Gasteiger partial charge is 0.348 e. The summed E-state index contributed by atoms with van der Waals surface area (Å²) in [5, 5.41) is 12.6. The monoisotopic (exact) mass is 308 g/mol. The third kappa shape index (κ3) is 3.40. The maximum Gasteiger partial charge on any atom is 0.273 e. The zero-order valence-corrected chi connectivity index (χ0v) is 11.4. The SMILES string of the molecule is C[C@@H](Cc1ccc(Br)cc1)NC(=O)c1cn[nH]n1. The fourth-order valence-electron chi connectivity index (χ4n) is 1.63. The molecular weight excluding hydrogens is 296 g/mol. The van der Waals surface area contributed by atoms with E-state index < -0.39 is 0 Å². The summed E-state index contributed by atoms with van der Waals surface area (Å²) in [7, 11) is 0. The summed E-state index contributed by atoms with van der Waals surface area (Å²) in [6, 6.07) is 8.07. The fraction of sp³-hybridized carbons (Fsp3) is 0.250. The lowest BCUT2D eigenvalue weighted by Gasteiger charge is -2.12. The lowest BCUT2D eigenvalue weighted by molar-refractivity contribution is 0.0935. The summed E-state index contributed by atoms with van der Waals surface area (Å²) in [5.74, 6) is -0.214. The highest BCUT2D eigenvalue weighted by Crippen LogP contribution is 2.11. The van der Waals surface area contributed by atoms with Crippen LogP contribution in [0.3, 0.4) is 0 Å². The Labute approximate surface area is 113 Å². The molecule has 94 valence electrons. The van der Waals surface area contributed by atoms with Crippen molar-refractivity contribution in [2.45, 2.75) is 19.4 Å². The molecule has 2 aromatic rings. The molecule has 0 aliphatic rings. The maximum atomic E-state index is 11.7. The van der Waals surface area contributed by atoms with Crippen molar-refractivity contribution in [2.24, 2.45) is 0 Å². The third-order valence-electron chi connectivity index (χ3n) is 2.48. The highest BCUT2D eigenvalue weighted by Gasteiger charge is 2.12. The van der Waals surface area contributed by atoms with Crippen molar-refractivity contribution in [3.63, 3.8) is 0 Å². The smallest absolute Gasteiger partial charge is 0.273 e. The molecule has 0 saturated carbocycles. The number of amides is 1. The van der Waals surface area contributed by atoms with Gasteiger partial charge in [-0.25, -0.2) is 0 Å². The van der Waals surface area contributed by atoms with Crippen LogP contribution < -0.4 is 5.32 Å². The Morgan fingerprint density at radius 2 is 2.17 bits per heavy atom. The van der Waals surface area contributed by atoms with Crippen LogP contribution >= 0.6 is 15.9 Å². The van der Waals surface area contributed by atoms with E-state index in [4.69, 9.17) is 0 Å². The third-order valence-corrected chi connectivity index (χ3v) is 3.01. The van der Waals surface area contributed by atoms with Gasteiger partial charge in [0.25, 0.3) is 5.91 Å². The van der Waals surface area contributed by atoms with Crippen LogP contribution in [0.25, 0.3) is 0 Å².